The van der Waals surface area contributed by atoms with Crippen LogP contribution in [0.1, 0.15) is 30.3 Å². The van der Waals surface area contributed by atoms with Gasteiger partial charge in [0.25, 0.3) is 0 Å². The van der Waals surface area contributed by atoms with Crippen molar-refractivity contribution >= 4 is 23.1 Å². The maximum absolute atomic E-state index is 12.2. The van der Waals surface area contributed by atoms with Crippen LogP contribution in [0.15, 0.2) is 48.8 Å². The molecule has 2 N–H and O–H groups in total. The van der Waals surface area contributed by atoms with Crippen LogP contribution in [0.5, 0.6) is 5.75 Å². The first-order valence-corrected chi connectivity index (χ1v) is 10.1. The van der Waals surface area contributed by atoms with E-state index in [1.54, 1.807) is 23.7 Å². The Morgan fingerprint density at radius 3 is 2.75 bits per heavy atom. The zero-order valence-electron chi connectivity index (χ0n) is 16.1. The van der Waals surface area contributed by atoms with E-state index >= 15 is 0 Å². The fraction of sp³-hybridized carbons (Fsp3) is 0.286. The Labute approximate surface area is 169 Å². The third-order valence-electron chi connectivity index (χ3n) is 4.09. The minimum absolute atomic E-state index is 0.254. The van der Waals surface area contributed by atoms with Crippen molar-refractivity contribution < 1.29 is 9.53 Å². The number of nitrogens with one attached hydrogen (secondary N) is 2. The van der Waals surface area contributed by atoms with E-state index in [0.29, 0.717) is 13.2 Å². The summed E-state index contributed by atoms with van der Waals surface area (Å²) < 4.78 is 5.63. The summed E-state index contributed by atoms with van der Waals surface area (Å²) in [6.45, 7) is 5.21. The number of benzene rings is 1. The molecule has 3 rings (SSSR count). The molecule has 6 nitrogen and oxygen atoms in total. The van der Waals surface area contributed by atoms with Gasteiger partial charge < -0.3 is 15.4 Å². The van der Waals surface area contributed by atoms with E-state index in [2.05, 4.69) is 27.5 Å². The number of pyridine rings is 1. The van der Waals surface area contributed by atoms with Crippen LogP contribution in [-0.4, -0.2) is 22.6 Å². The Morgan fingerprint density at radius 2 is 2.04 bits per heavy atom. The molecule has 0 unspecified atom stereocenters. The molecule has 0 aliphatic heterocycles. The second-order valence-electron chi connectivity index (χ2n) is 6.30. The highest BCUT2D eigenvalue weighted by Gasteiger charge is 2.11. The molecule has 7 heteroatoms. The summed E-state index contributed by atoms with van der Waals surface area (Å²) >= 11 is 1.56. The van der Waals surface area contributed by atoms with Crippen molar-refractivity contribution in [2.24, 2.45) is 0 Å². The van der Waals surface area contributed by atoms with Crippen LogP contribution in [0, 0.1) is 6.92 Å². The van der Waals surface area contributed by atoms with Crippen molar-refractivity contribution in [3.05, 3.63) is 59.4 Å². The Morgan fingerprint density at radius 1 is 1.21 bits per heavy atom. The molecule has 0 atom stereocenters. The monoisotopic (exact) mass is 396 g/mol. The number of ether oxygens (including phenoxy) is 1. The van der Waals surface area contributed by atoms with Gasteiger partial charge >= 0.3 is 6.03 Å². The van der Waals surface area contributed by atoms with Crippen LogP contribution in [0.4, 0.5) is 10.5 Å². The molecule has 28 heavy (non-hydrogen) atoms. The van der Waals surface area contributed by atoms with Crippen LogP contribution < -0.4 is 15.4 Å². The average Bonchev–Trinajstić information content (AvgIpc) is 3.09. The van der Waals surface area contributed by atoms with Crippen LogP contribution in [0.3, 0.4) is 0 Å². The molecular formula is C21H24N4O2S. The van der Waals surface area contributed by atoms with Crippen LogP contribution in [0.25, 0.3) is 10.6 Å². The molecule has 0 radical (unpaired) electrons. The third kappa shape index (κ3) is 5.53. The van der Waals surface area contributed by atoms with Crippen molar-refractivity contribution in [3.8, 4) is 16.3 Å². The van der Waals surface area contributed by atoms with Gasteiger partial charge in [0.2, 0.25) is 0 Å². The molecule has 0 aliphatic carbocycles. The summed E-state index contributed by atoms with van der Waals surface area (Å²) in [5.41, 5.74) is 2.61. The van der Waals surface area contributed by atoms with E-state index in [-0.39, 0.29) is 6.03 Å². The third-order valence-corrected chi connectivity index (χ3v) is 5.30. The first-order valence-electron chi connectivity index (χ1n) is 9.30. The molecule has 1 aromatic carbocycles. The standard InChI is InChI=1S/C21H24N4O2S/c1-3-4-12-27-18-9-7-17(8-10-18)25-21(26)23-14-19-15(2)24-20(28-19)16-6-5-11-22-13-16/h5-11,13H,3-4,12,14H2,1-2H3,(H2,23,25,26). The van der Waals surface area contributed by atoms with Crippen LogP contribution in [0.2, 0.25) is 0 Å². The number of aromatic nitrogens is 2. The highest BCUT2D eigenvalue weighted by atomic mass is 32.1. The van der Waals surface area contributed by atoms with Crippen molar-refractivity contribution in [2.75, 3.05) is 11.9 Å². The lowest BCUT2D eigenvalue weighted by Gasteiger charge is -2.09. The molecule has 0 spiro atoms. The average molecular weight is 397 g/mol. The minimum Gasteiger partial charge on any atom is -0.494 e. The lowest BCUT2D eigenvalue weighted by molar-refractivity contribution is 0.252. The van der Waals surface area contributed by atoms with Gasteiger partial charge in [0.15, 0.2) is 0 Å². The fourth-order valence-corrected chi connectivity index (χ4v) is 3.50. The van der Waals surface area contributed by atoms with Gasteiger partial charge in [-0.2, -0.15) is 0 Å². The predicted molar refractivity (Wildman–Crippen MR) is 113 cm³/mol. The molecule has 146 valence electrons. The van der Waals surface area contributed by atoms with Gasteiger partial charge in [0, 0.05) is 28.5 Å². The SMILES string of the molecule is CCCCOc1ccc(NC(=O)NCc2sc(-c3cccnc3)nc2C)cc1. The van der Waals surface area contributed by atoms with Crippen molar-refractivity contribution in [1.82, 2.24) is 15.3 Å². The van der Waals surface area contributed by atoms with Crippen LogP contribution >= 0.6 is 11.3 Å². The van der Waals surface area contributed by atoms with Crippen molar-refractivity contribution in [2.45, 2.75) is 33.2 Å². The number of urea groups is 1. The topological polar surface area (TPSA) is 76.1 Å². The summed E-state index contributed by atoms with van der Waals surface area (Å²) in [7, 11) is 0. The lowest BCUT2D eigenvalue weighted by Crippen LogP contribution is -2.28. The molecule has 0 saturated heterocycles. The number of carbonyl (C=O) groups is 1. The minimum atomic E-state index is -0.254. The lowest BCUT2D eigenvalue weighted by atomic mass is 10.3. The van der Waals surface area contributed by atoms with Gasteiger partial charge in [-0.05, 0) is 49.7 Å². The second kappa shape index (κ2) is 9.85. The maximum Gasteiger partial charge on any atom is 0.319 e. The van der Waals surface area contributed by atoms with E-state index in [4.69, 9.17) is 4.74 Å². The number of amides is 2. The van der Waals surface area contributed by atoms with Gasteiger partial charge in [-0.1, -0.05) is 13.3 Å². The number of unbranched alkanes of at least 4 members (excludes halogenated alkanes) is 1. The Bertz CT molecular complexity index is 895. The van der Waals surface area contributed by atoms with Gasteiger partial charge in [0.05, 0.1) is 18.8 Å². The number of anilines is 1. The molecule has 0 fully saturated rings. The van der Waals surface area contributed by atoms with Gasteiger partial charge in [0.1, 0.15) is 10.8 Å². The molecule has 0 saturated carbocycles. The molecule has 0 aliphatic rings. The van der Waals surface area contributed by atoms with E-state index < -0.39 is 0 Å². The van der Waals surface area contributed by atoms with Gasteiger partial charge in [-0.25, -0.2) is 9.78 Å². The molecular weight excluding hydrogens is 372 g/mol. The van der Waals surface area contributed by atoms with Gasteiger partial charge in [-0.15, -0.1) is 11.3 Å². The summed E-state index contributed by atoms with van der Waals surface area (Å²) in [4.78, 5) is 21.9. The zero-order chi connectivity index (χ0) is 19.8. The number of carbonyl (C=O) groups excluding carboxylic acids is 1. The van der Waals surface area contributed by atoms with Crippen molar-refractivity contribution in [1.29, 1.82) is 0 Å². The number of rotatable bonds is 8. The number of thiazole rings is 1. The largest absolute Gasteiger partial charge is 0.494 e. The quantitative estimate of drug-likeness (QED) is 0.525. The van der Waals surface area contributed by atoms with E-state index in [1.807, 2.05) is 43.3 Å². The summed E-state index contributed by atoms with van der Waals surface area (Å²) in [5, 5.41) is 6.62. The van der Waals surface area contributed by atoms with Crippen LogP contribution in [-0.2, 0) is 6.54 Å². The number of hydrogen-bond acceptors (Lipinski definition) is 5. The molecule has 2 aromatic heterocycles. The zero-order valence-corrected chi connectivity index (χ0v) is 16.9. The van der Waals surface area contributed by atoms with Crippen molar-refractivity contribution in [3.63, 3.8) is 0 Å². The van der Waals surface area contributed by atoms with E-state index in [1.165, 1.54) is 0 Å². The fourth-order valence-electron chi connectivity index (χ4n) is 2.51. The Hall–Kier alpha value is -2.93. The number of nitrogens with zero attached hydrogens (tertiary/aromatic N) is 2. The highest BCUT2D eigenvalue weighted by Crippen LogP contribution is 2.27. The van der Waals surface area contributed by atoms with E-state index in [0.717, 1.165) is 45.4 Å². The molecule has 2 heterocycles. The summed E-state index contributed by atoms with van der Waals surface area (Å²) in [6, 6.07) is 11.0. The molecule has 2 amide bonds. The Balaban J connectivity index is 1.51. The predicted octanol–water partition coefficient (Wildman–Crippen LogP) is 5.01. The first kappa shape index (κ1) is 19.8. The van der Waals surface area contributed by atoms with E-state index in [9.17, 15) is 4.79 Å². The smallest absolute Gasteiger partial charge is 0.319 e. The summed E-state index contributed by atoms with van der Waals surface area (Å²) in [6.07, 6.45) is 5.66. The number of aryl methyl sites for hydroxylation is 1. The molecule has 0 bridgehead atoms. The van der Waals surface area contributed by atoms with Gasteiger partial charge in [-0.3, -0.25) is 4.98 Å². The normalized spacial score (nSPS) is 10.5. The Kier molecular flexibility index (Phi) is 6.97. The molecule has 3 aromatic rings. The first-order chi connectivity index (χ1) is 13.7. The summed E-state index contributed by atoms with van der Waals surface area (Å²) in [5.74, 6) is 0.808. The maximum atomic E-state index is 12.2. The number of hydrogen-bond donors (Lipinski definition) is 2. The second-order valence-corrected chi connectivity index (χ2v) is 7.39. The highest BCUT2D eigenvalue weighted by molar-refractivity contribution is 7.15.